The first-order valence-corrected chi connectivity index (χ1v) is 8.20. The van der Waals surface area contributed by atoms with E-state index in [1.165, 1.54) is 11.3 Å². The fourth-order valence-corrected chi connectivity index (χ4v) is 4.31. The number of aromatic nitrogens is 2. The molecular formula is C16H24N4O4. The minimum Gasteiger partial charge on any atom is -0.483 e. The van der Waals surface area contributed by atoms with E-state index in [4.69, 9.17) is 14.6 Å². The molecule has 4 rings (SSSR count). The van der Waals surface area contributed by atoms with E-state index in [1.807, 2.05) is 16.6 Å². The molecule has 3 aliphatic rings. The Balaban J connectivity index is 0.000000526. The van der Waals surface area contributed by atoms with Gasteiger partial charge in [-0.25, -0.2) is 0 Å². The fraction of sp³-hybridized carbons (Fsp3) is 0.688. The highest BCUT2D eigenvalue weighted by molar-refractivity contribution is 5.81. The zero-order valence-electron chi connectivity index (χ0n) is 14.4. The molecule has 8 nitrogen and oxygen atoms in total. The second-order valence-electron chi connectivity index (χ2n) is 6.56. The molecule has 3 aliphatic heterocycles. The van der Waals surface area contributed by atoms with Crippen molar-refractivity contribution in [1.29, 1.82) is 0 Å². The van der Waals surface area contributed by atoms with Crippen molar-refractivity contribution >= 4 is 12.4 Å². The minimum absolute atomic E-state index is 0.200. The molecule has 3 saturated heterocycles. The molecule has 0 unspecified atom stereocenters. The molecule has 1 aromatic heterocycles. The third-order valence-corrected chi connectivity index (χ3v) is 5.53. The molecule has 0 radical (unpaired) electrons. The number of hydrogen-bond acceptors (Lipinski definition) is 5. The Morgan fingerprint density at radius 2 is 2.12 bits per heavy atom. The molecule has 4 heterocycles. The van der Waals surface area contributed by atoms with E-state index in [9.17, 15) is 4.79 Å². The van der Waals surface area contributed by atoms with Gasteiger partial charge in [-0.2, -0.15) is 5.10 Å². The molecule has 1 aromatic rings. The van der Waals surface area contributed by atoms with Gasteiger partial charge in [-0.3, -0.25) is 19.2 Å². The Kier molecular flexibility index (Phi) is 4.35. The van der Waals surface area contributed by atoms with Crippen molar-refractivity contribution in [2.75, 3.05) is 19.7 Å². The predicted octanol–water partition coefficient (Wildman–Crippen LogP) is 0.271. The van der Waals surface area contributed by atoms with Crippen LogP contribution in [0.3, 0.4) is 0 Å². The Morgan fingerprint density at radius 3 is 2.75 bits per heavy atom. The lowest BCUT2D eigenvalue weighted by atomic mass is 10.1. The molecular weight excluding hydrogens is 312 g/mol. The van der Waals surface area contributed by atoms with Crippen LogP contribution in [0.25, 0.3) is 0 Å². The van der Waals surface area contributed by atoms with Gasteiger partial charge in [0.2, 0.25) is 5.91 Å². The lowest BCUT2D eigenvalue weighted by Gasteiger charge is -2.31. The van der Waals surface area contributed by atoms with Gasteiger partial charge in [0, 0.05) is 50.8 Å². The maximum Gasteiger partial charge on any atom is 0.290 e. The van der Waals surface area contributed by atoms with Crippen molar-refractivity contribution in [3.8, 4) is 0 Å². The molecule has 0 aliphatic carbocycles. The highest BCUT2D eigenvalue weighted by Gasteiger charge is 2.61. The lowest BCUT2D eigenvalue weighted by molar-refractivity contribution is -0.136. The molecule has 2 atom stereocenters. The first kappa shape index (κ1) is 16.9. The van der Waals surface area contributed by atoms with Gasteiger partial charge < -0.3 is 14.7 Å². The van der Waals surface area contributed by atoms with Crippen molar-refractivity contribution in [3.63, 3.8) is 0 Å². The molecule has 24 heavy (non-hydrogen) atoms. The van der Waals surface area contributed by atoms with Crippen LogP contribution in [0.1, 0.15) is 29.8 Å². The number of ether oxygens (including phenoxy) is 1. The molecule has 0 aromatic carbocycles. The number of aryl methyl sites for hydroxylation is 2. The van der Waals surface area contributed by atoms with E-state index < -0.39 is 0 Å². The van der Waals surface area contributed by atoms with E-state index >= 15 is 0 Å². The van der Waals surface area contributed by atoms with Crippen molar-refractivity contribution < 1.29 is 19.4 Å². The summed E-state index contributed by atoms with van der Waals surface area (Å²) in [6.07, 6.45) is 1.53. The maximum atomic E-state index is 12.2. The molecule has 1 N–H and O–H groups in total. The van der Waals surface area contributed by atoms with Gasteiger partial charge >= 0.3 is 0 Å². The van der Waals surface area contributed by atoms with Crippen LogP contribution in [0.15, 0.2) is 0 Å². The van der Waals surface area contributed by atoms with Gasteiger partial charge in [0.05, 0.1) is 18.3 Å². The number of likely N-dealkylation sites (tertiary alicyclic amines) is 1. The molecule has 8 heteroatoms. The predicted molar refractivity (Wildman–Crippen MR) is 85.2 cm³/mol. The van der Waals surface area contributed by atoms with Gasteiger partial charge in [0.25, 0.3) is 6.47 Å². The SMILES string of the molecule is Cc1nn(C)c(C)c1CN1CC[C@@]23OCCN2C(=O)C[C@@H]13.O=CO. The van der Waals surface area contributed by atoms with Gasteiger partial charge in [-0.05, 0) is 13.8 Å². The summed E-state index contributed by atoms with van der Waals surface area (Å²) in [5, 5.41) is 11.4. The number of carbonyl (C=O) groups excluding carboxylic acids is 1. The highest BCUT2D eigenvalue weighted by atomic mass is 16.5. The zero-order chi connectivity index (χ0) is 17.5. The highest BCUT2D eigenvalue weighted by Crippen LogP contribution is 2.46. The van der Waals surface area contributed by atoms with Gasteiger partial charge in [-0.15, -0.1) is 0 Å². The van der Waals surface area contributed by atoms with Crippen LogP contribution in [-0.4, -0.2) is 68.5 Å². The topological polar surface area (TPSA) is 87.9 Å². The number of rotatable bonds is 2. The zero-order valence-corrected chi connectivity index (χ0v) is 14.4. The lowest BCUT2D eigenvalue weighted by Crippen LogP contribution is -2.47. The van der Waals surface area contributed by atoms with Crippen LogP contribution in [0.4, 0.5) is 0 Å². The average Bonchev–Trinajstić information content (AvgIpc) is 3.21. The van der Waals surface area contributed by atoms with Crippen LogP contribution < -0.4 is 0 Å². The maximum absolute atomic E-state index is 12.2. The number of nitrogens with zero attached hydrogens (tertiary/aromatic N) is 4. The summed E-state index contributed by atoms with van der Waals surface area (Å²) >= 11 is 0. The molecule has 1 spiro atoms. The summed E-state index contributed by atoms with van der Waals surface area (Å²) in [7, 11) is 1.98. The second kappa shape index (κ2) is 6.18. The normalized spacial score (nSPS) is 28.5. The third-order valence-electron chi connectivity index (χ3n) is 5.53. The van der Waals surface area contributed by atoms with Crippen LogP contribution in [0, 0.1) is 13.8 Å². The minimum atomic E-state index is -0.332. The molecule has 3 fully saturated rings. The molecule has 132 valence electrons. The first-order valence-electron chi connectivity index (χ1n) is 8.20. The van der Waals surface area contributed by atoms with Crippen molar-refractivity contribution in [2.24, 2.45) is 7.05 Å². The quantitative estimate of drug-likeness (QED) is 0.780. The fourth-order valence-electron chi connectivity index (χ4n) is 4.31. The summed E-state index contributed by atoms with van der Waals surface area (Å²) in [5.74, 6) is 0.252. The van der Waals surface area contributed by atoms with Crippen LogP contribution >= 0.6 is 0 Å². The average molecular weight is 336 g/mol. The Morgan fingerprint density at radius 1 is 1.42 bits per heavy atom. The summed E-state index contributed by atoms with van der Waals surface area (Å²) in [6.45, 7) is 7.21. The Bertz CT molecular complexity index is 659. The van der Waals surface area contributed by atoms with Gasteiger partial charge in [0.15, 0.2) is 5.72 Å². The molecule has 0 bridgehead atoms. The smallest absolute Gasteiger partial charge is 0.290 e. The number of carboxylic acid groups (broad SMARTS) is 1. The number of hydrogen-bond donors (Lipinski definition) is 1. The Hall–Kier alpha value is -1.93. The van der Waals surface area contributed by atoms with Crippen molar-refractivity contribution in [1.82, 2.24) is 19.6 Å². The molecule has 1 amide bonds. The Labute approximate surface area is 141 Å². The standard InChI is InChI=1S/C15H22N4O2.CH2O2/c1-10-12(11(2)17(3)16-10)9-18-5-4-15-13(18)8-14(20)19(15)6-7-21-15;2-1-3/h13H,4-9H2,1-3H3;1H,(H,2,3)/t13-,15+;/m1./s1. The van der Waals surface area contributed by atoms with E-state index in [0.717, 1.165) is 31.7 Å². The van der Waals surface area contributed by atoms with E-state index in [0.29, 0.717) is 13.0 Å². The van der Waals surface area contributed by atoms with E-state index in [-0.39, 0.29) is 24.1 Å². The largest absolute Gasteiger partial charge is 0.483 e. The second-order valence-corrected chi connectivity index (χ2v) is 6.56. The van der Waals surface area contributed by atoms with Crippen molar-refractivity contribution in [3.05, 3.63) is 17.0 Å². The number of carbonyl (C=O) groups is 2. The van der Waals surface area contributed by atoms with Gasteiger partial charge in [0.1, 0.15) is 0 Å². The summed E-state index contributed by atoms with van der Waals surface area (Å²) < 4.78 is 7.97. The van der Waals surface area contributed by atoms with E-state index in [1.54, 1.807) is 0 Å². The van der Waals surface area contributed by atoms with Crippen LogP contribution in [0.2, 0.25) is 0 Å². The summed E-state index contributed by atoms with van der Waals surface area (Å²) in [6, 6.07) is 0.200. The number of amides is 1. The van der Waals surface area contributed by atoms with E-state index in [2.05, 4.69) is 23.8 Å². The first-order chi connectivity index (χ1) is 11.4. The third kappa shape index (κ3) is 2.41. The summed E-state index contributed by atoms with van der Waals surface area (Å²) in [5.41, 5.74) is 3.26. The van der Waals surface area contributed by atoms with Crippen molar-refractivity contribution in [2.45, 2.75) is 45.0 Å². The molecule has 0 saturated carbocycles. The van der Waals surface area contributed by atoms with Crippen LogP contribution in [0.5, 0.6) is 0 Å². The van der Waals surface area contributed by atoms with Crippen LogP contribution in [-0.2, 0) is 27.9 Å². The summed E-state index contributed by atoms with van der Waals surface area (Å²) in [4.78, 5) is 25.0. The monoisotopic (exact) mass is 336 g/mol. The van der Waals surface area contributed by atoms with Gasteiger partial charge in [-0.1, -0.05) is 0 Å².